The van der Waals surface area contributed by atoms with Crippen LogP contribution in [0, 0.1) is 6.92 Å². The van der Waals surface area contributed by atoms with Gasteiger partial charge < -0.3 is 5.73 Å². The second-order valence-corrected chi connectivity index (χ2v) is 3.24. The summed E-state index contributed by atoms with van der Waals surface area (Å²) >= 11 is 0. The first-order valence-corrected chi connectivity index (χ1v) is 4.54. The molecule has 0 amide bonds. The van der Waals surface area contributed by atoms with E-state index >= 15 is 0 Å². The van der Waals surface area contributed by atoms with E-state index in [0.29, 0.717) is 6.42 Å². The lowest BCUT2D eigenvalue weighted by atomic mass is 10.0. The van der Waals surface area contributed by atoms with Crippen molar-refractivity contribution in [3.63, 3.8) is 0 Å². The quantitative estimate of drug-likeness (QED) is 0.569. The molecule has 0 saturated carbocycles. The summed E-state index contributed by atoms with van der Waals surface area (Å²) in [5.74, 6) is 0.200. The Kier molecular flexibility index (Phi) is 3.07. The molecule has 0 atom stereocenters. The molecule has 70 valence electrons. The van der Waals surface area contributed by atoms with Gasteiger partial charge in [0.1, 0.15) is 0 Å². The third-order valence-electron chi connectivity index (χ3n) is 2.07. The number of hydrogen-bond acceptors (Lipinski definition) is 2. The Bertz CT molecular complexity index is 318. The minimum atomic E-state index is 0.200. The van der Waals surface area contributed by atoms with Gasteiger partial charge in [0.25, 0.3) is 0 Å². The first kappa shape index (κ1) is 9.78. The molecule has 0 spiro atoms. The molecule has 0 radical (unpaired) electrons. The van der Waals surface area contributed by atoms with Gasteiger partial charge in [-0.25, -0.2) is 0 Å². The highest BCUT2D eigenvalue weighted by atomic mass is 16.1. The van der Waals surface area contributed by atoms with Crippen LogP contribution in [0.3, 0.4) is 0 Å². The molecule has 1 rings (SSSR count). The molecule has 1 aromatic rings. The van der Waals surface area contributed by atoms with Crippen LogP contribution in [0.5, 0.6) is 0 Å². The van der Waals surface area contributed by atoms with Crippen molar-refractivity contribution in [1.29, 1.82) is 0 Å². The zero-order valence-corrected chi connectivity index (χ0v) is 8.13. The van der Waals surface area contributed by atoms with Crippen molar-refractivity contribution >= 4 is 11.5 Å². The van der Waals surface area contributed by atoms with E-state index in [9.17, 15) is 4.79 Å². The van der Waals surface area contributed by atoms with Gasteiger partial charge in [-0.2, -0.15) is 0 Å². The van der Waals surface area contributed by atoms with Gasteiger partial charge in [-0.3, -0.25) is 4.79 Å². The Balaban J connectivity index is 2.90. The molecule has 0 aliphatic rings. The van der Waals surface area contributed by atoms with Gasteiger partial charge in [-0.05, 0) is 37.1 Å². The number of nitrogen functional groups attached to an aromatic ring is 1. The van der Waals surface area contributed by atoms with Gasteiger partial charge in [0.2, 0.25) is 0 Å². The minimum absolute atomic E-state index is 0.200. The van der Waals surface area contributed by atoms with Gasteiger partial charge in [0, 0.05) is 17.7 Å². The first-order valence-electron chi connectivity index (χ1n) is 4.54. The molecule has 1 aromatic carbocycles. The fraction of sp³-hybridized carbons (Fsp3) is 0.364. The molecular weight excluding hydrogens is 162 g/mol. The first-order chi connectivity index (χ1) is 6.15. The summed E-state index contributed by atoms with van der Waals surface area (Å²) in [5, 5.41) is 0. The number of aryl methyl sites for hydroxylation is 1. The molecule has 0 saturated heterocycles. The number of nitrogens with two attached hydrogens (primary N) is 1. The predicted molar refractivity (Wildman–Crippen MR) is 54.8 cm³/mol. The average molecular weight is 177 g/mol. The minimum Gasteiger partial charge on any atom is -0.399 e. The van der Waals surface area contributed by atoms with Crippen LogP contribution in [-0.4, -0.2) is 5.78 Å². The highest BCUT2D eigenvalue weighted by Crippen LogP contribution is 2.14. The van der Waals surface area contributed by atoms with E-state index < -0.39 is 0 Å². The van der Waals surface area contributed by atoms with E-state index in [1.165, 1.54) is 0 Å². The molecule has 0 unspecified atom stereocenters. The van der Waals surface area contributed by atoms with Gasteiger partial charge >= 0.3 is 0 Å². The summed E-state index contributed by atoms with van der Waals surface area (Å²) in [4.78, 5) is 11.5. The summed E-state index contributed by atoms with van der Waals surface area (Å²) in [6, 6.07) is 5.44. The van der Waals surface area contributed by atoms with Crippen LogP contribution in [0.4, 0.5) is 5.69 Å². The molecule has 2 heteroatoms. The fourth-order valence-electron chi connectivity index (χ4n) is 1.22. The lowest BCUT2D eigenvalue weighted by Gasteiger charge is -2.03. The molecule has 0 fully saturated rings. The zero-order chi connectivity index (χ0) is 9.84. The third kappa shape index (κ3) is 2.31. The van der Waals surface area contributed by atoms with Crippen molar-refractivity contribution in [3.8, 4) is 0 Å². The maximum atomic E-state index is 11.5. The van der Waals surface area contributed by atoms with Crippen LogP contribution in [0.15, 0.2) is 18.2 Å². The van der Waals surface area contributed by atoms with Gasteiger partial charge in [-0.15, -0.1) is 0 Å². The van der Waals surface area contributed by atoms with Crippen LogP contribution < -0.4 is 5.73 Å². The SMILES string of the molecule is CCCC(=O)c1ccc(N)c(C)c1. The van der Waals surface area contributed by atoms with Crippen molar-refractivity contribution in [1.82, 2.24) is 0 Å². The summed E-state index contributed by atoms with van der Waals surface area (Å²) < 4.78 is 0. The summed E-state index contributed by atoms with van der Waals surface area (Å²) in [5.41, 5.74) is 8.14. The number of anilines is 1. The lowest BCUT2D eigenvalue weighted by molar-refractivity contribution is 0.0981. The summed E-state index contributed by atoms with van der Waals surface area (Å²) in [6.07, 6.45) is 1.51. The molecule has 0 heterocycles. The number of carbonyl (C=O) groups is 1. The lowest BCUT2D eigenvalue weighted by Crippen LogP contribution is -1.99. The van der Waals surface area contributed by atoms with E-state index in [4.69, 9.17) is 5.73 Å². The highest BCUT2D eigenvalue weighted by molar-refractivity contribution is 5.96. The molecule has 0 bridgehead atoms. The van der Waals surface area contributed by atoms with Crippen LogP contribution >= 0.6 is 0 Å². The Labute approximate surface area is 78.8 Å². The Morgan fingerprint density at radius 3 is 2.69 bits per heavy atom. The van der Waals surface area contributed by atoms with Crippen molar-refractivity contribution < 1.29 is 4.79 Å². The molecule has 0 aromatic heterocycles. The van der Waals surface area contributed by atoms with Gasteiger partial charge in [0.15, 0.2) is 5.78 Å². The van der Waals surface area contributed by atoms with Gasteiger partial charge in [0.05, 0.1) is 0 Å². The summed E-state index contributed by atoms with van der Waals surface area (Å²) in [6.45, 7) is 3.92. The average Bonchev–Trinajstić information content (AvgIpc) is 2.10. The smallest absolute Gasteiger partial charge is 0.162 e. The number of carbonyl (C=O) groups excluding carboxylic acids is 1. The van der Waals surface area contributed by atoms with E-state index in [-0.39, 0.29) is 5.78 Å². The largest absolute Gasteiger partial charge is 0.399 e. The molecule has 0 aliphatic carbocycles. The highest BCUT2D eigenvalue weighted by Gasteiger charge is 2.04. The topological polar surface area (TPSA) is 43.1 Å². The normalized spacial score (nSPS) is 10.0. The molecular formula is C11H15NO. The van der Waals surface area contributed by atoms with E-state index in [2.05, 4.69) is 0 Å². The monoisotopic (exact) mass is 177 g/mol. The van der Waals surface area contributed by atoms with Crippen LogP contribution in [0.2, 0.25) is 0 Å². The van der Waals surface area contributed by atoms with E-state index in [0.717, 1.165) is 23.2 Å². The Morgan fingerprint density at radius 2 is 2.15 bits per heavy atom. The number of benzene rings is 1. The van der Waals surface area contributed by atoms with E-state index in [1.54, 1.807) is 12.1 Å². The Hall–Kier alpha value is -1.31. The molecule has 2 N–H and O–H groups in total. The van der Waals surface area contributed by atoms with Crippen LogP contribution in [-0.2, 0) is 0 Å². The maximum Gasteiger partial charge on any atom is 0.162 e. The van der Waals surface area contributed by atoms with Gasteiger partial charge in [-0.1, -0.05) is 6.92 Å². The maximum absolute atomic E-state index is 11.5. The van der Waals surface area contributed by atoms with Crippen molar-refractivity contribution in [2.45, 2.75) is 26.7 Å². The van der Waals surface area contributed by atoms with Crippen molar-refractivity contribution in [3.05, 3.63) is 29.3 Å². The molecule has 0 aliphatic heterocycles. The molecule has 2 nitrogen and oxygen atoms in total. The summed E-state index contributed by atoms with van der Waals surface area (Å²) in [7, 11) is 0. The van der Waals surface area contributed by atoms with Crippen LogP contribution in [0.1, 0.15) is 35.7 Å². The standard InChI is InChI=1S/C11H15NO/c1-3-4-11(13)9-5-6-10(12)8(2)7-9/h5-7H,3-4,12H2,1-2H3. The predicted octanol–water partition coefficient (Wildman–Crippen LogP) is 2.56. The van der Waals surface area contributed by atoms with Crippen molar-refractivity contribution in [2.24, 2.45) is 0 Å². The fourth-order valence-corrected chi connectivity index (χ4v) is 1.22. The molecule has 13 heavy (non-hydrogen) atoms. The van der Waals surface area contributed by atoms with Crippen molar-refractivity contribution in [2.75, 3.05) is 5.73 Å². The Morgan fingerprint density at radius 1 is 1.46 bits per heavy atom. The second-order valence-electron chi connectivity index (χ2n) is 3.24. The number of ketones is 1. The van der Waals surface area contributed by atoms with E-state index in [1.807, 2.05) is 19.9 Å². The zero-order valence-electron chi connectivity index (χ0n) is 8.13. The number of Topliss-reactive ketones (excluding diaryl/α,β-unsaturated/α-hetero) is 1. The second kappa shape index (κ2) is 4.08. The number of hydrogen-bond donors (Lipinski definition) is 1. The van der Waals surface area contributed by atoms with Crippen LogP contribution in [0.25, 0.3) is 0 Å². The third-order valence-corrected chi connectivity index (χ3v) is 2.07. The number of rotatable bonds is 3.